The number of rotatable bonds is 4. The van der Waals surface area contributed by atoms with Crippen LogP contribution in [-0.2, 0) is 13.1 Å². The second-order valence-corrected chi connectivity index (χ2v) is 8.77. The highest BCUT2D eigenvalue weighted by Crippen LogP contribution is 2.47. The van der Waals surface area contributed by atoms with E-state index < -0.39 is 0 Å². The molecule has 5 heterocycles. The third kappa shape index (κ3) is 2.76. The number of fused-ring (bicyclic) bond motifs is 2. The molecule has 0 N–H and O–H groups in total. The van der Waals surface area contributed by atoms with Crippen LogP contribution in [-0.4, -0.2) is 51.3 Å². The van der Waals surface area contributed by atoms with Gasteiger partial charge in [-0.05, 0) is 58.2 Å². The van der Waals surface area contributed by atoms with Gasteiger partial charge in [-0.25, -0.2) is 0 Å². The van der Waals surface area contributed by atoms with E-state index in [4.69, 9.17) is 5.10 Å². The van der Waals surface area contributed by atoms with E-state index in [1.165, 1.54) is 55.0 Å². The molecule has 27 heavy (non-hydrogen) atoms. The van der Waals surface area contributed by atoms with Gasteiger partial charge in [-0.15, -0.1) is 0 Å². The van der Waals surface area contributed by atoms with E-state index in [1.54, 1.807) is 0 Å². The molecule has 0 saturated carbocycles. The van der Waals surface area contributed by atoms with Crippen LogP contribution in [0.3, 0.4) is 0 Å². The van der Waals surface area contributed by atoms with Crippen molar-refractivity contribution < 1.29 is 0 Å². The number of aromatic nitrogens is 2. The summed E-state index contributed by atoms with van der Waals surface area (Å²) in [4.78, 5) is 5.62. The fourth-order valence-electron chi connectivity index (χ4n) is 6.19. The molecule has 4 saturated heterocycles. The van der Waals surface area contributed by atoms with Crippen LogP contribution in [0.15, 0.2) is 30.3 Å². The van der Waals surface area contributed by atoms with Gasteiger partial charge in [0.1, 0.15) is 0 Å². The molecule has 4 heteroatoms. The SMILES string of the molecule is CCn1nc(C)c(CN2C[C@H](c3ccccc3)[C@@H]3[C@H]2C2CCN3CC2)c1C. The molecule has 4 fully saturated rings. The van der Waals surface area contributed by atoms with Crippen molar-refractivity contribution in [2.45, 2.75) is 64.7 Å². The number of piperidine rings is 3. The Kier molecular flexibility index (Phi) is 4.36. The van der Waals surface area contributed by atoms with E-state index in [2.05, 4.69) is 65.6 Å². The van der Waals surface area contributed by atoms with E-state index in [0.717, 1.165) is 19.0 Å². The maximum Gasteiger partial charge on any atom is 0.0641 e. The molecule has 2 aromatic rings. The summed E-state index contributed by atoms with van der Waals surface area (Å²) in [6.07, 6.45) is 2.76. The summed E-state index contributed by atoms with van der Waals surface area (Å²) in [5, 5.41) is 4.78. The van der Waals surface area contributed by atoms with Gasteiger partial charge in [0.05, 0.1) is 5.69 Å². The Morgan fingerprint density at radius 2 is 1.78 bits per heavy atom. The number of likely N-dealkylation sites (tertiary alicyclic amines) is 1. The van der Waals surface area contributed by atoms with Crippen LogP contribution in [0.1, 0.15) is 48.2 Å². The highest BCUT2D eigenvalue weighted by atomic mass is 15.3. The van der Waals surface area contributed by atoms with E-state index in [9.17, 15) is 0 Å². The highest BCUT2D eigenvalue weighted by Gasteiger charge is 2.53. The predicted molar refractivity (Wildman–Crippen MR) is 109 cm³/mol. The molecule has 4 aliphatic heterocycles. The van der Waals surface area contributed by atoms with Gasteiger partial charge < -0.3 is 0 Å². The summed E-state index contributed by atoms with van der Waals surface area (Å²) in [6.45, 7) is 12.4. The van der Waals surface area contributed by atoms with Crippen LogP contribution >= 0.6 is 0 Å². The minimum atomic E-state index is 0.640. The summed E-state index contributed by atoms with van der Waals surface area (Å²) < 4.78 is 2.17. The van der Waals surface area contributed by atoms with Crippen molar-refractivity contribution in [1.82, 2.24) is 19.6 Å². The normalized spacial score (nSPS) is 32.8. The molecule has 0 radical (unpaired) electrons. The third-order valence-corrected chi connectivity index (χ3v) is 7.51. The van der Waals surface area contributed by atoms with Gasteiger partial charge in [0.15, 0.2) is 0 Å². The van der Waals surface area contributed by atoms with Crippen LogP contribution in [0, 0.1) is 19.8 Å². The predicted octanol–water partition coefficient (Wildman–Crippen LogP) is 3.58. The average molecular weight is 365 g/mol. The standard InChI is InChI=1S/C23H32N4/c1-4-27-17(3)20(16(2)24-27)14-26-15-21(18-8-6-5-7-9-18)23-22(26)19-10-12-25(23)13-11-19/h5-9,19,21-23H,4,10-15H2,1-3H3/t21-,22-,23-/m1/s1. The minimum Gasteiger partial charge on any atom is -0.298 e. The van der Waals surface area contributed by atoms with Crippen molar-refractivity contribution in [3.8, 4) is 0 Å². The van der Waals surface area contributed by atoms with E-state index >= 15 is 0 Å². The summed E-state index contributed by atoms with van der Waals surface area (Å²) in [7, 11) is 0. The largest absolute Gasteiger partial charge is 0.298 e. The van der Waals surface area contributed by atoms with Gasteiger partial charge in [-0.2, -0.15) is 5.10 Å². The van der Waals surface area contributed by atoms with Crippen molar-refractivity contribution in [3.05, 3.63) is 52.8 Å². The summed E-state index contributed by atoms with van der Waals surface area (Å²) in [5.74, 6) is 1.51. The average Bonchev–Trinajstić information content (AvgIpc) is 3.24. The third-order valence-electron chi connectivity index (χ3n) is 7.51. The maximum atomic E-state index is 4.78. The molecule has 6 rings (SSSR count). The van der Waals surface area contributed by atoms with Gasteiger partial charge in [0.25, 0.3) is 0 Å². The lowest BCUT2D eigenvalue weighted by molar-refractivity contribution is -0.00878. The minimum absolute atomic E-state index is 0.640. The monoisotopic (exact) mass is 364 g/mol. The van der Waals surface area contributed by atoms with Crippen molar-refractivity contribution in [3.63, 3.8) is 0 Å². The van der Waals surface area contributed by atoms with Crippen molar-refractivity contribution >= 4 is 0 Å². The van der Waals surface area contributed by atoms with Crippen LogP contribution < -0.4 is 0 Å². The topological polar surface area (TPSA) is 24.3 Å². The van der Waals surface area contributed by atoms with Gasteiger partial charge >= 0.3 is 0 Å². The molecule has 0 unspecified atom stereocenters. The molecule has 0 amide bonds. The summed E-state index contributed by atoms with van der Waals surface area (Å²) >= 11 is 0. The Hall–Kier alpha value is -1.65. The molecule has 3 atom stereocenters. The lowest BCUT2D eigenvalue weighted by Crippen LogP contribution is -2.60. The Labute approximate surface area is 163 Å². The molecule has 0 spiro atoms. The summed E-state index contributed by atoms with van der Waals surface area (Å²) in [6, 6.07) is 12.7. The van der Waals surface area contributed by atoms with Crippen molar-refractivity contribution in [2.75, 3.05) is 19.6 Å². The van der Waals surface area contributed by atoms with Crippen LogP contribution in [0.4, 0.5) is 0 Å². The highest BCUT2D eigenvalue weighted by molar-refractivity contribution is 5.29. The van der Waals surface area contributed by atoms with Crippen molar-refractivity contribution in [2.24, 2.45) is 5.92 Å². The Morgan fingerprint density at radius 3 is 2.44 bits per heavy atom. The van der Waals surface area contributed by atoms with Crippen LogP contribution in [0.25, 0.3) is 0 Å². The van der Waals surface area contributed by atoms with Crippen LogP contribution in [0.2, 0.25) is 0 Å². The lowest BCUT2D eigenvalue weighted by atomic mass is 9.75. The smallest absolute Gasteiger partial charge is 0.0641 e. The van der Waals surface area contributed by atoms with E-state index in [1.807, 2.05) is 0 Å². The molecule has 1 aromatic heterocycles. The Morgan fingerprint density at radius 1 is 1.04 bits per heavy atom. The first-order chi connectivity index (χ1) is 13.2. The second kappa shape index (κ2) is 6.75. The van der Waals surface area contributed by atoms with Gasteiger partial charge in [-0.1, -0.05) is 30.3 Å². The molecule has 0 aliphatic carbocycles. The second-order valence-electron chi connectivity index (χ2n) is 8.77. The Bertz CT molecular complexity index is 803. The molecule has 4 aliphatic rings. The molecular weight excluding hydrogens is 332 g/mol. The quantitative estimate of drug-likeness (QED) is 0.829. The number of aryl methyl sites for hydroxylation is 2. The van der Waals surface area contributed by atoms with Crippen molar-refractivity contribution in [1.29, 1.82) is 0 Å². The lowest BCUT2D eigenvalue weighted by Gasteiger charge is -2.51. The molecule has 1 aromatic carbocycles. The zero-order valence-electron chi connectivity index (χ0n) is 16.9. The molecule has 4 nitrogen and oxygen atoms in total. The van der Waals surface area contributed by atoms with Gasteiger partial charge in [-0.3, -0.25) is 14.5 Å². The van der Waals surface area contributed by atoms with Gasteiger partial charge in [0, 0.05) is 48.9 Å². The number of benzene rings is 1. The Balaban J connectivity index is 1.49. The van der Waals surface area contributed by atoms with Gasteiger partial charge in [0.2, 0.25) is 0 Å². The molecule has 2 bridgehead atoms. The number of hydrogen-bond donors (Lipinski definition) is 0. The molecule has 144 valence electrons. The first kappa shape index (κ1) is 17.4. The number of nitrogens with zero attached hydrogens (tertiary/aromatic N) is 4. The fourth-order valence-corrected chi connectivity index (χ4v) is 6.19. The summed E-state index contributed by atoms with van der Waals surface area (Å²) in [5.41, 5.74) is 5.56. The fraction of sp³-hybridized carbons (Fsp3) is 0.609. The van der Waals surface area contributed by atoms with E-state index in [-0.39, 0.29) is 0 Å². The zero-order chi connectivity index (χ0) is 18.5. The first-order valence-electron chi connectivity index (χ1n) is 10.7. The van der Waals surface area contributed by atoms with Crippen LogP contribution in [0.5, 0.6) is 0 Å². The van der Waals surface area contributed by atoms with E-state index in [0.29, 0.717) is 18.0 Å². The molecular formula is C23H32N4. The maximum absolute atomic E-state index is 4.78. The zero-order valence-corrected chi connectivity index (χ0v) is 16.9. The first-order valence-corrected chi connectivity index (χ1v) is 10.7. The number of hydrogen-bond acceptors (Lipinski definition) is 3.